The highest BCUT2D eigenvalue weighted by Gasteiger charge is 2.25. The molecule has 28 heavy (non-hydrogen) atoms. The second-order valence-corrected chi connectivity index (χ2v) is 7.00. The second kappa shape index (κ2) is 12.4. The molecule has 1 aromatic carbocycles. The van der Waals surface area contributed by atoms with Gasteiger partial charge < -0.3 is 20.8 Å². The van der Waals surface area contributed by atoms with Crippen molar-refractivity contribution in [1.29, 1.82) is 0 Å². The SMILES string of the molecule is CCCCCC(=O)NC(CO)C[C@H](O)[C@H](Cc1cc(F)cc(F)c1)NC(C)=O. The Bertz CT molecular complexity index is 622. The number of amides is 2. The minimum absolute atomic E-state index is 0.00196. The number of carbonyl (C=O) groups excluding carboxylic acids is 2. The summed E-state index contributed by atoms with van der Waals surface area (Å²) in [7, 11) is 0. The van der Waals surface area contributed by atoms with Crippen molar-refractivity contribution in [2.75, 3.05) is 6.61 Å². The van der Waals surface area contributed by atoms with Crippen LogP contribution in [-0.2, 0) is 16.0 Å². The first-order chi connectivity index (χ1) is 13.2. The lowest BCUT2D eigenvalue weighted by Crippen LogP contribution is -2.48. The normalized spacial score (nSPS) is 14.2. The Morgan fingerprint density at radius 3 is 2.29 bits per heavy atom. The van der Waals surface area contributed by atoms with Crippen molar-refractivity contribution in [3.05, 3.63) is 35.4 Å². The van der Waals surface area contributed by atoms with Crippen molar-refractivity contribution in [1.82, 2.24) is 10.6 Å². The largest absolute Gasteiger partial charge is 0.394 e. The fourth-order valence-electron chi connectivity index (χ4n) is 3.00. The third-order valence-corrected chi connectivity index (χ3v) is 4.35. The summed E-state index contributed by atoms with van der Waals surface area (Å²) >= 11 is 0. The fourth-order valence-corrected chi connectivity index (χ4v) is 3.00. The molecule has 0 bridgehead atoms. The van der Waals surface area contributed by atoms with E-state index in [1.807, 2.05) is 6.92 Å². The molecule has 1 unspecified atom stereocenters. The Morgan fingerprint density at radius 2 is 1.75 bits per heavy atom. The summed E-state index contributed by atoms with van der Waals surface area (Å²) in [6, 6.07) is 1.48. The smallest absolute Gasteiger partial charge is 0.220 e. The van der Waals surface area contributed by atoms with E-state index in [1.54, 1.807) is 0 Å². The first-order valence-electron chi connectivity index (χ1n) is 9.55. The molecule has 0 aliphatic rings. The van der Waals surface area contributed by atoms with Crippen LogP contribution in [0, 0.1) is 11.6 Å². The van der Waals surface area contributed by atoms with Gasteiger partial charge in [0.2, 0.25) is 11.8 Å². The number of carbonyl (C=O) groups is 2. The maximum atomic E-state index is 13.4. The van der Waals surface area contributed by atoms with Crippen molar-refractivity contribution in [3.63, 3.8) is 0 Å². The van der Waals surface area contributed by atoms with Gasteiger partial charge >= 0.3 is 0 Å². The Labute approximate surface area is 164 Å². The minimum atomic E-state index is -1.14. The van der Waals surface area contributed by atoms with E-state index in [2.05, 4.69) is 10.6 Å². The molecule has 8 heteroatoms. The molecule has 3 atom stereocenters. The molecule has 0 spiro atoms. The molecule has 1 rings (SSSR count). The highest BCUT2D eigenvalue weighted by atomic mass is 19.1. The molecule has 2 amide bonds. The zero-order chi connectivity index (χ0) is 21.1. The summed E-state index contributed by atoms with van der Waals surface area (Å²) in [5.74, 6) is -2.13. The van der Waals surface area contributed by atoms with Gasteiger partial charge in [0.15, 0.2) is 0 Å². The third-order valence-electron chi connectivity index (χ3n) is 4.35. The lowest BCUT2D eigenvalue weighted by atomic mass is 9.96. The molecule has 6 nitrogen and oxygen atoms in total. The molecule has 0 heterocycles. The molecular weight excluding hydrogens is 370 g/mol. The molecule has 0 saturated carbocycles. The number of rotatable bonds is 12. The Morgan fingerprint density at radius 1 is 1.11 bits per heavy atom. The van der Waals surface area contributed by atoms with Crippen LogP contribution in [-0.4, -0.2) is 46.8 Å². The lowest BCUT2D eigenvalue weighted by molar-refractivity contribution is -0.123. The monoisotopic (exact) mass is 400 g/mol. The number of aliphatic hydroxyl groups is 2. The predicted molar refractivity (Wildman–Crippen MR) is 101 cm³/mol. The second-order valence-electron chi connectivity index (χ2n) is 7.00. The molecule has 0 saturated heterocycles. The highest BCUT2D eigenvalue weighted by molar-refractivity contribution is 5.76. The van der Waals surface area contributed by atoms with Crippen molar-refractivity contribution in [2.24, 2.45) is 0 Å². The molecule has 0 aliphatic carbocycles. The van der Waals surface area contributed by atoms with Crippen molar-refractivity contribution in [3.8, 4) is 0 Å². The standard InChI is InChI=1S/C20H30F2N2O4/c1-3-4-5-6-20(28)24-17(12-25)11-19(27)18(23-13(2)26)9-14-7-15(21)10-16(22)8-14/h7-8,10,17-19,25,27H,3-6,9,11-12H2,1-2H3,(H,23,26)(H,24,28)/t17?,18-,19-/m0/s1. The quantitative estimate of drug-likeness (QED) is 0.402. The molecule has 1 aromatic rings. The van der Waals surface area contributed by atoms with Gasteiger partial charge in [-0.15, -0.1) is 0 Å². The van der Waals surface area contributed by atoms with Crippen LogP contribution in [0.5, 0.6) is 0 Å². The number of benzene rings is 1. The maximum Gasteiger partial charge on any atom is 0.220 e. The lowest BCUT2D eigenvalue weighted by Gasteiger charge is -2.27. The van der Waals surface area contributed by atoms with Crippen LogP contribution >= 0.6 is 0 Å². The Kier molecular flexibility index (Phi) is 10.6. The van der Waals surface area contributed by atoms with Gasteiger partial charge in [0.05, 0.1) is 24.8 Å². The number of hydrogen-bond donors (Lipinski definition) is 4. The van der Waals surface area contributed by atoms with E-state index < -0.39 is 35.7 Å². The van der Waals surface area contributed by atoms with Crippen molar-refractivity contribution < 1.29 is 28.6 Å². The summed E-state index contributed by atoms with van der Waals surface area (Å²) in [4.78, 5) is 23.4. The summed E-state index contributed by atoms with van der Waals surface area (Å²) in [5, 5.41) is 25.3. The summed E-state index contributed by atoms with van der Waals surface area (Å²) in [5.41, 5.74) is 0.277. The van der Waals surface area contributed by atoms with Gasteiger partial charge in [-0.3, -0.25) is 9.59 Å². The zero-order valence-corrected chi connectivity index (χ0v) is 16.4. The van der Waals surface area contributed by atoms with E-state index in [0.29, 0.717) is 6.42 Å². The van der Waals surface area contributed by atoms with E-state index in [9.17, 15) is 28.6 Å². The summed E-state index contributed by atoms with van der Waals surface area (Å²) in [6.45, 7) is 2.92. The fraction of sp³-hybridized carbons (Fsp3) is 0.600. The molecule has 0 fully saturated rings. The molecule has 4 N–H and O–H groups in total. The first-order valence-corrected chi connectivity index (χ1v) is 9.55. The average molecular weight is 400 g/mol. The van der Waals surface area contributed by atoms with Gasteiger partial charge in [-0.1, -0.05) is 19.8 Å². The Balaban J connectivity index is 2.74. The van der Waals surface area contributed by atoms with E-state index in [0.717, 1.165) is 37.5 Å². The van der Waals surface area contributed by atoms with E-state index in [4.69, 9.17) is 0 Å². The molecule has 0 aliphatic heterocycles. The average Bonchev–Trinajstić information content (AvgIpc) is 2.59. The number of aliphatic hydroxyl groups excluding tert-OH is 2. The highest BCUT2D eigenvalue weighted by Crippen LogP contribution is 2.14. The topological polar surface area (TPSA) is 98.7 Å². The van der Waals surface area contributed by atoms with Crippen LogP contribution in [0.3, 0.4) is 0 Å². The van der Waals surface area contributed by atoms with Gasteiger partial charge in [0.1, 0.15) is 11.6 Å². The molecular formula is C20H30F2N2O4. The van der Waals surface area contributed by atoms with Gasteiger partial charge in [-0.2, -0.15) is 0 Å². The van der Waals surface area contributed by atoms with E-state index >= 15 is 0 Å². The van der Waals surface area contributed by atoms with E-state index in [-0.39, 0.29) is 30.9 Å². The van der Waals surface area contributed by atoms with Crippen LogP contribution in [0.15, 0.2) is 18.2 Å². The Hall–Kier alpha value is -2.06. The minimum Gasteiger partial charge on any atom is -0.394 e. The maximum absolute atomic E-state index is 13.4. The van der Waals surface area contributed by atoms with Crippen LogP contribution in [0.1, 0.15) is 51.5 Å². The predicted octanol–water partition coefficient (Wildman–Crippen LogP) is 1.82. The molecule has 0 radical (unpaired) electrons. The van der Waals surface area contributed by atoms with E-state index in [1.165, 1.54) is 6.92 Å². The van der Waals surface area contributed by atoms with Gasteiger partial charge in [-0.25, -0.2) is 8.78 Å². The number of nitrogens with one attached hydrogen (secondary N) is 2. The van der Waals surface area contributed by atoms with Gasteiger partial charge in [0.25, 0.3) is 0 Å². The summed E-state index contributed by atoms with van der Waals surface area (Å²) in [6.07, 6.45) is 1.82. The van der Waals surface area contributed by atoms with Crippen LogP contribution < -0.4 is 10.6 Å². The first kappa shape index (κ1) is 24.0. The molecule has 158 valence electrons. The van der Waals surface area contributed by atoms with Crippen LogP contribution in [0.2, 0.25) is 0 Å². The van der Waals surface area contributed by atoms with Crippen LogP contribution in [0.4, 0.5) is 8.78 Å². The zero-order valence-electron chi connectivity index (χ0n) is 16.4. The summed E-state index contributed by atoms with van der Waals surface area (Å²) < 4.78 is 26.8. The van der Waals surface area contributed by atoms with Crippen LogP contribution in [0.25, 0.3) is 0 Å². The number of hydrogen-bond acceptors (Lipinski definition) is 4. The third kappa shape index (κ3) is 9.23. The van der Waals surface area contributed by atoms with Crippen molar-refractivity contribution in [2.45, 2.75) is 70.6 Å². The molecule has 0 aromatic heterocycles. The number of unbranched alkanes of at least 4 members (excludes halogenated alkanes) is 2. The van der Waals surface area contributed by atoms with Crippen molar-refractivity contribution >= 4 is 11.8 Å². The van der Waals surface area contributed by atoms with Gasteiger partial charge in [-0.05, 0) is 37.0 Å². The van der Waals surface area contributed by atoms with Gasteiger partial charge in [0, 0.05) is 19.4 Å². The number of halogens is 2.